The molecule has 1 atom stereocenters. The van der Waals surface area contributed by atoms with Gasteiger partial charge >= 0.3 is 5.97 Å². The first-order valence-corrected chi connectivity index (χ1v) is 7.03. The zero-order valence-corrected chi connectivity index (χ0v) is 10.6. The molecule has 1 aliphatic rings. The summed E-state index contributed by atoms with van der Waals surface area (Å²) < 4.78 is 10.2. The third-order valence-corrected chi connectivity index (χ3v) is 4.19. The van der Waals surface area contributed by atoms with Gasteiger partial charge in [-0.1, -0.05) is 0 Å². The molecule has 0 radical (unpaired) electrons. The molecule has 2 rings (SSSR count). The van der Waals surface area contributed by atoms with E-state index in [0.29, 0.717) is 0 Å². The molecule has 0 saturated carbocycles. The molecular formula is C10H13NO3S2. The average Bonchev–Trinajstić information content (AvgIpc) is 2.78. The Hall–Kier alpha value is -0.590. The van der Waals surface area contributed by atoms with Crippen LogP contribution >= 0.6 is 23.1 Å². The summed E-state index contributed by atoms with van der Waals surface area (Å²) in [5.74, 6) is 1.75. The Kier molecular flexibility index (Phi) is 4.20. The number of esters is 1. The van der Waals surface area contributed by atoms with Crippen LogP contribution < -0.4 is 0 Å². The van der Waals surface area contributed by atoms with Crippen molar-refractivity contribution < 1.29 is 14.3 Å². The van der Waals surface area contributed by atoms with Crippen LogP contribution in [0.1, 0.15) is 16.8 Å². The summed E-state index contributed by atoms with van der Waals surface area (Å²) in [4.78, 5) is 15.5. The third-order valence-electron chi connectivity index (χ3n) is 2.21. The molecule has 0 bridgehead atoms. The van der Waals surface area contributed by atoms with Gasteiger partial charge in [-0.3, -0.25) is 4.79 Å². The van der Waals surface area contributed by atoms with Gasteiger partial charge in [0, 0.05) is 16.9 Å². The first-order valence-electron chi connectivity index (χ1n) is 5.00. The maximum atomic E-state index is 11.1. The molecular weight excluding hydrogens is 246 g/mol. The van der Waals surface area contributed by atoms with Crippen LogP contribution in [-0.4, -0.2) is 36.2 Å². The second-order valence-electron chi connectivity index (χ2n) is 3.36. The van der Waals surface area contributed by atoms with E-state index in [-0.39, 0.29) is 18.5 Å². The molecule has 1 fully saturated rings. The van der Waals surface area contributed by atoms with Gasteiger partial charge < -0.3 is 9.47 Å². The van der Waals surface area contributed by atoms with E-state index in [9.17, 15) is 4.79 Å². The molecule has 1 aromatic rings. The zero-order chi connectivity index (χ0) is 11.4. The highest BCUT2D eigenvalue weighted by Crippen LogP contribution is 2.28. The first-order chi connectivity index (χ1) is 7.79. The predicted octanol–water partition coefficient (Wildman–Crippen LogP) is 1.66. The van der Waals surface area contributed by atoms with Crippen LogP contribution in [0.25, 0.3) is 0 Å². The van der Waals surface area contributed by atoms with Gasteiger partial charge in [-0.25, -0.2) is 4.98 Å². The first kappa shape index (κ1) is 11.9. The SMILES string of the molecule is COC(=O)Cc1csc(C2CSCCO2)n1. The Morgan fingerprint density at radius 1 is 1.75 bits per heavy atom. The van der Waals surface area contributed by atoms with Gasteiger partial charge in [-0.15, -0.1) is 11.3 Å². The van der Waals surface area contributed by atoms with Crippen molar-refractivity contribution in [2.45, 2.75) is 12.5 Å². The molecule has 0 aliphatic carbocycles. The van der Waals surface area contributed by atoms with Gasteiger partial charge in [-0.2, -0.15) is 11.8 Å². The monoisotopic (exact) mass is 259 g/mol. The van der Waals surface area contributed by atoms with Crippen LogP contribution in [-0.2, 0) is 20.7 Å². The summed E-state index contributed by atoms with van der Waals surface area (Å²) >= 11 is 3.43. The van der Waals surface area contributed by atoms with Crippen LogP contribution in [0, 0.1) is 0 Å². The number of ether oxygens (including phenoxy) is 2. The van der Waals surface area contributed by atoms with Crippen LogP contribution in [0.15, 0.2) is 5.38 Å². The Morgan fingerprint density at radius 3 is 3.31 bits per heavy atom. The summed E-state index contributed by atoms with van der Waals surface area (Å²) in [7, 11) is 1.39. The fourth-order valence-corrected chi connectivity index (χ4v) is 3.22. The maximum Gasteiger partial charge on any atom is 0.311 e. The molecule has 4 nitrogen and oxygen atoms in total. The van der Waals surface area contributed by atoms with Crippen molar-refractivity contribution in [2.24, 2.45) is 0 Å². The van der Waals surface area contributed by atoms with Gasteiger partial charge in [0.2, 0.25) is 0 Å². The minimum Gasteiger partial charge on any atom is -0.469 e. The summed E-state index contributed by atoms with van der Waals surface area (Å²) in [5, 5.41) is 2.86. The minimum absolute atomic E-state index is 0.0927. The molecule has 1 saturated heterocycles. The lowest BCUT2D eigenvalue weighted by atomic mass is 10.3. The molecule has 0 aromatic carbocycles. The van der Waals surface area contributed by atoms with E-state index in [1.54, 1.807) is 11.3 Å². The third kappa shape index (κ3) is 2.96. The molecule has 6 heteroatoms. The Bertz CT molecular complexity index is 361. The van der Waals surface area contributed by atoms with Crippen LogP contribution in [0.3, 0.4) is 0 Å². The Labute approximate surface area is 102 Å². The number of aromatic nitrogens is 1. The summed E-state index contributed by atoms with van der Waals surface area (Å²) in [5.41, 5.74) is 0.769. The van der Waals surface area contributed by atoms with Crippen molar-refractivity contribution in [1.29, 1.82) is 0 Å². The average molecular weight is 259 g/mol. The van der Waals surface area contributed by atoms with Crippen molar-refractivity contribution in [3.05, 3.63) is 16.1 Å². The van der Waals surface area contributed by atoms with Crippen molar-refractivity contribution in [3.8, 4) is 0 Å². The number of carbonyl (C=O) groups is 1. The molecule has 16 heavy (non-hydrogen) atoms. The lowest BCUT2D eigenvalue weighted by molar-refractivity contribution is -0.139. The van der Waals surface area contributed by atoms with E-state index in [2.05, 4.69) is 9.72 Å². The van der Waals surface area contributed by atoms with Crippen LogP contribution in [0.5, 0.6) is 0 Å². The number of carbonyl (C=O) groups excluding carboxylic acids is 1. The number of hydrogen-bond acceptors (Lipinski definition) is 6. The molecule has 1 unspecified atom stereocenters. The Morgan fingerprint density at radius 2 is 2.62 bits per heavy atom. The van der Waals surface area contributed by atoms with Gasteiger partial charge in [-0.05, 0) is 0 Å². The quantitative estimate of drug-likeness (QED) is 0.773. The molecule has 88 valence electrons. The number of hydrogen-bond donors (Lipinski definition) is 0. The minimum atomic E-state index is -0.254. The lowest BCUT2D eigenvalue weighted by Crippen LogP contribution is -2.15. The number of rotatable bonds is 3. The number of thiazole rings is 1. The number of thioether (sulfide) groups is 1. The van der Waals surface area contributed by atoms with Gasteiger partial charge in [0.1, 0.15) is 11.1 Å². The summed E-state index contributed by atoms with van der Waals surface area (Å²) in [6, 6.07) is 0. The smallest absolute Gasteiger partial charge is 0.311 e. The van der Waals surface area contributed by atoms with Crippen LogP contribution in [0.2, 0.25) is 0 Å². The van der Waals surface area contributed by atoms with Gasteiger partial charge in [0.15, 0.2) is 0 Å². The normalized spacial score (nSPS) is 20.7. The zero-order valence-electron chi connectivity index (χ0n) is 8.97. The molecule has 0 N–H and O–H groups in total. The van der Waals surface area contributed by atoms with Crippen LogP contribution in [0.4, 0.5) is 0 Å². The van der Waals surface area contributed by atoms with E-state index in [1.807, 2.05) is 17.1 Å². The Balaban J connectivity index is 1.98. The van der Waals surface area contributed by atoms with E-state index < -0.39 is 0 Å². The highest BCUT2D eigenvalue weighted by molar-refractivity contribution is 7.99. The van der Waals surface area contributed by atoms with Crippen molar-refractivity contribution in [2.75, 3.05) is 25.2 Å². The standard InChI is InChI=1S/C10H13NO3S2/c1-13-9(12)4-7-5-16-10(11-7)8-6-15-3-2-14-8/h5,8H,2-4,6H2,1H3. The molecule has 1 aromatic heterocycles. The van der Waals surface area contributed by atoms with E-state index in [0.717, 1.165) is 28.8 Å². The molecule has 0 amide bonds. The maximum absolute atomic E-state index is 11.1. The van der Waals surface area contributed by atoms with E-state index in [1.165, 1.54) is 7.11 Å². The lowest BCUT2D eigenvalue weighted by Gasteiger charge is -2.19. The van der Waals surface area contributed by atoms with Gasteiger partial charge in [0.05, 0.1) is 25.8 Å². The summed E-state index contributed by atoms with van der Waals surface area (Å²) in [6.45, 7) is 0.779. The topological polar surface area (TPSA) is 48.4 Å². The highest BCUT2D eigenvalue weighted by atomic mass is 32.2. The van der Waals surface area contributed by atoms with E-state index in [4.69, 9.17) is 4.74 Å². The van der Waals surface area contributed by atoms with E-state index >= 15 is 0 Å². The summed E-state index contributed by atoms with van der Waals surface area (Å²) in [6.07, 6.45) is 0.336. The van der Waals surface area contributed by atoms with Crippen molar-refractivity contribution in [3.63, 3.8) is 0 Å². The fraction of sp³-hybridized carbons (Fsp3) is 0.600. The fourth-order valence-electron chi connectivity index (χ4n) is 1.40. The second-order valence-corrected chi connectivity index (χ2v) is 5.40. The molecule has 1 aliphatic heterocycles. The van der Waals surface area contributed by atoms with Gasteiger partial charge in [0.25, 0.3) is 0 Å². The number of methoxy groups -OCH3 is 1. The largest absolute Gasteiger partial charge is 0.469 e. The second kappa shape index (κ2) is 5.65. The number of nitrogens with zero attached hydrogens (tertiary/aromatic N) is 1. The highest BCUT2D eigenvalue weighted by Gasteiger charge is 2.20. The van der Waals surface area contributed by atoms with Crippen molar-refractivity contribution in [1.82, 2.24) is 4.98 Å². The molecule has 2 heterocycles. The molecule has 0 spiro atoms. The van der Waals surface area contributed by atoms with Crippen molar-refractivity contribution >= 4 is 29.1 Å². The predicted molar refractivity (Wildman–Crippen MR) is 63.9 cm³/mol.